The van der Waals surface area contributed by atoms with Crippen molar-refractivity contribution in [1.82, 2.24) is 5.32 Å². The zero-order valence-electron chi connectivity index (χ0n) is 11.7. The summed E-state index contributed by atoms with van der Waals surface area (Å²) in [6, 6.07) is 10.6. The third-order valence-electron chi connectivity index (χ3n) is 3.37. The highest BCUT2D eigenvalue weighted by Gasteiger charge is 2.23. The maximum atomic E-state index is 12.0. The molecule has 0 saturated heterocycles. The molecule has 1 aliphatic rings. The highest BCUT2D eigenvalue weighted by Crippen LogP contribution is 2.28. The van der Waals surface area contributed by atoms with Crippen LogP contribution in [-0.4, -0.2) is 11.9 Å². The van der Waals surface area contributed by atoms with Gasteiger partial charge in [0.25, 0.3) is 5.91 Å². The molecular formula is C16H15Cl2N3O. The van der Waals surface area contributed by atoms with Crippen molar-refractivity contribution < 1.29 is 4.79 Å². The van der Waals surface area contributed by atoms with E-state index >= 15 is 0 Å². The molecule has 1 fully saturated rings. The first-order valence-electron chi connectivity index (χ1n) is 6.95. The number of carbonyl (C=O) groups excluding carboxylic acids is 1. The van der Waals surface area contributed by atoms with E-state index in [1.165, 1.54) is 0 Å². The Bertz CT molecular complexity index is 709. The van der Waals surface area contributed by atoms with Gasteiger partial charge in [0.1, 0.15) is 0 Å². The highest BCUT2D eigenvalue weighted by molar-refractivity contribution is 6.35. The number of nitrogens with two attached hydrogens (primary N) is 1. The van der Waals surface area contributed by atoms with Gasteiger partial charge in [-0.3, -0.25) is 4.79 Å². The van der Waals surface area contributed by atoms with Crippen LogP contribution in [0, 0.1) is 0 Å². The first kappa shape index (κ1) is 15.0. The first-order chi connectivity index (χ1) is 10.5. The molecule has 6 heteroatoms. The van der Waals surface area contributed by atoms with Crippen LogP contribution in [0.25, 0.3) is 0 Å². The Morgan fingerprint density at radius 1 is 1.09 bits per heavy atom. The lowest BCUT2D eigenvalue weighted by atomic mass is 10.1. The van der Waals surface area contributed by atoms with Crippen molar-refractivity contribution in [3.8, 4) is 0 Å². The van der Waals surface area contributed by atoms with E-state index in [4.69, 9.17) is 28.9 Å². The molecule has 1 amide bonds. The van der Waals surface area contributed by atoms with Crippen molar-refractivity contribution >= 4 is 46.2 Å². The van der Waals surface area contributed by atoms with Crippen molar-refractivity contribution in [3.63, 3.8) is 0 Å². The number of nitrogens with one attached hydrogen (secondary N) is 2. The Hall–Kier alpha value is -1.91. The second-order valence-electron chi connectivity index (χ2n) is 5.33. The molecule has 0 heterocycles. The fourth-order valence-corrected chi connectivity index (χ4v) is 2.62. The van der Waals surface area contributed by atoms with E-state index in [0.29, 0.717) is 33.0 Å². The van der Waals surface area contributed by atoms with Crippen LogP contribution in [0.2, 0.25) is 10.0 Å². The molecule has 0 radical (unpaired) electrons. The van der Waals surface area contributed by atoms with Gasteiger partial charge in [-0.25, -0.2) is 0 Å². The predicted molar refractivity (Wildman–Crippen MR) is 91.1 cm³/mol. The number of amides is 1. The van der Waals surface area contributed by atoms with Gasteiger partial charge in [0, 0.05) is 27.3 Å². The average molecular weight is 336 g/mol. The van der Waals surface area contributed by atoms with Gasteiger partial charge >= 0.3 is 0 Å². The van der Waals surface area contributed by atoms with Gasteiger partial charge in [-0.15, -0.1) is 0 Å². The van der Waals surface area contributed by atoms with Crippen molar-refractivity contribution in [3.05, 3.63) is 52.0 Å². The Morgan fingerprint density at radius 3 is 2.36 bits per heavy atom. The molecular weight excluding hydrogens is 321 g/mol. The summed E-state index contributed by atoms with van der Waals surface area (Å²) >= 11 is 11.9. The van der Waals surface area contributed by atoms with E-state index in [1.54, 1.807) is 36.4 Å². The van der Waals surface area contributed by atoms with Crippen LogP contribution in [0.4, 0.5) is 17.1 Å². The number of anilines is 3. The maximum absolute atomic E-state index is 12.0. The van der Waals surface area contributed by atoms with E-state index in [-0.39, 0.29) is 5.91 Å². The van der Waals surface area contributed by atoms with Crippen LogP contribution in [0.3, 0.4) is 0 Å². The zero-order chi connectivity index (χ0) is 15.7. The smallest absolute Gasteiger partial charge is 0.251 e. The molecule has 1 aliphatic carbocycles. The minimum Gasteiger partial charge on any atom is -0.397 e. The summed E-state index contributed by atoms with van der Waals surface area (Å²) in [6.45, 7) is 0. The van der Waals surface area contributed by atoms with Crippen molar-refractivity contribution in [2.24, 2.45) is 0 Å². The minimum atomic E-state index is -0.0912. The summed E-state index contributed by atoms with van der Waals surface area (Å²) in [6.07, 6.45) is 2.10. The molecule has 0 aliphatic heterocycles. The quantitative estimate of drug-likeness (QED) is 0.733. The van der Waals surface area contributed by atoms with E-state index < -0.39 is 0 Å². The van der Waals surface area contributed by atoms with Crippen LogP contribution >= 0.6 is 23.2 Å². The highest BCUT2D eigenvalue weighted by atomic mass is 35.5. The molecule has 4 N–H and O–H groups in total. The number of hydrogen-bond acceptors (Lipinski definition) is 3. The fourth-order valence-electron chi connectivity index (χ4n) is 2.10. The molecule has 4 nitrogen and oxygen atoms in total. The van der Waals surface area contributed by atoms with E-state index in [9.17, 15) is 4.79 Å². The Labute approximate surface area is 138 Å². The van der Waals surface area contributed by atoms with Gasteiger partial charge in [0.05, 0.1) is 11.4 Å². The minimum absolute atomic E-state index is 0.0912. The van der Waals surface area contributed by atoms with Crippen molar-refractivity contribution in [2.45, 2.75) is 18.9 Å². The number of nitrogen functional groups attached to an aromatic ring is 1. The molecule has 1 saturated carbocycles. The third kappa shape index (κ3) is 3.64. The van der Waals surface area contributed by atoms with Gasteiger partial charge in [-0.05, 0) is 49.2 Å². The van der Waals surface area contributed by atoms with E-state index in [1.807, 2.05) is 0 Å². The molecule has 0 spiro atoms. The Morgan fingerprint density at radius 2 is 1.77 bits per heavy atom. The second-order valence-corrected chi connectivity index (χ2v) is 6.21. The molecule has 0 aromatic heterocycles. The van der Waals surface area contributed by atoms with Crippen molar-refractivity contribution in [2.75, 3.05) is 11.1 Å². The first-order valence-corrected chi connectivity index (χ1v) is 7.70. The molecule has 2 aromatic carbocycles. The molecule has 114 valence electrons. The number of halogens is 2. The average Bonchev–Trinajstić information content (AvgIpc) is 3.23. The summed E-state index contributed by atoms with van der Waals surface area (Å²) in [5.41, 5.74) is 8.49. The summed E-state index contributed by atoms with van der Waals surface area (Å²) in [5, 5.41) is 7.15. The van der Waals surface area contributed by atoms with Crippen LogP contribution < -0.4 is 16.4 Å². The second kappa shape index (κ2) is 6.07. The number of hydrogen-bond donors (Lipinski definition) is 3. The maximum Gasteiger partial charge on any atom is 0.251 e. The van der Waals surface area contributed by atoms with Gasteiger partial charge < -0.3 is 16.4 Å². The van der Waals surface area contributed by atoms with Crippen LogP contribution in [0.1, 0.15) is 23.2 Å². The third-order valence-corrected chi connectivity index (χ3v) is 3.80. The lowest BCUT2D eigenvalue weighted by Gasteiger charge is -2.12. The Kier molecular flexibility index (Phi) is 4.14. The fraction of sp³-hybridized carbons (Fsp3) is 0.188. The standard InChI is InChI=1S/C16H15Cl2N3O/c17-10-6-11(18)8-13(7-10)20-15-4-1-9(5-14(15)19)16(22)21-12-2-3-12/h1,4-8,12,20H,2-3,19H2,(H,21,22). The van der Waals surface area contributed by atoms with Gasteiger partial charge in [0.15, 0.2) is 0 Å². The summed E-state index contributed by atoms with van der Waals surface area (Å²) in [5.74, 6) is -0.0912. The molecule has 3 rings (SSSR count). The molecule has 2 aromatic rings. The Balaban J connectivity index is 1.78. The zero-order valence-corrected chi connectivity index (χ0v) is 13.2. The molecule has 0 unspecified atom stereocenters. The lowest BCUT2D eigenvalue weighted by molar-refractivity contribution is 0.0951. The van der Waals surface area contributed by atoms with E-state index in [2.05, 4.69) is 10.6 Å². The van der Waals surface area contributed by atoms with Crippen LogP contribution in [0.5, 0.6) is 0 Å². The van der Waals surface area contributed by atoms with Gasteiger partial charge in [-0.1, -0.05) is 23.2 Å². The van der Waals surface area contributed by atoms with Gasteiger partial charge in [0.2, 0.25) is 0 Å². The summed E-state index contributed by atoms with van der Waals surface area (Å²) < 4.78 is 0. The summed E-state index contributed by atoms with van der Waals surface area (Å²) in [4.78, 5) is 12.0. The monoisotopic (exact) mass is 335 g/mol. The summed E-state index contributed by atoms with van der Waals surface area (Å²) in [7, 11) is 0. The van der Waals surface area contributed by atoms with Gasteiger partial charge in [-0.2, -0.15) is 0 Å². The number of carbonyl (C=O) groups is 1. The predicted octanol–water partition coefficient (Wildman–Crippen LogP) is 4.21. The molecule has 0 bridgehead atoms. The van der Waals surface area contributed by atoms with Crippen LogP contribution in [0.15, 0.2) is 36.4 Å². The van der Waals surface area contributed by atoms with Crippen molar-refractivity contribution in [1.29, 1.82) is 0 Å². The van der Waals surface area contributed by atoms with E-state index in [0.717, 1.165) is 18.5 Å². The molecule has 22 heavy (non-hydrogen) atoms. The largest absolute Gasteiger partial charge is 0.397 e. The van der Waals surface area contributed by atoms with Crippen LogP contribution in [-0.2, 0) is 0 Å². The SMILES string of the molecule is Nc1cc(C(=O)NC2CC2)ccc1Nc1cc(Cl)cc(Cl)c1. The molecule has 0 atom stereocenters. The lowest BCUT2D eigenvalue weighted by Crippen LogP contribution is -2.25. The topological polar surface area (TPSA) is 67.2 Å². The number of benzene rings is 2. The number of rotatable bonds is 4. The normalized spacial score (nSPS) is 13.7.